The summed E-state index contributed by atoms with van der Waals surface area (Å²) in [4.78, 5) is 11.1. The van der Waals surface area contributed by atoms with Gasteiger partial charge in [-0.1, -0.05) is 103 Å². The van der Waals surface area contributed by atoms with Crippen molar-refractivity contribution >= 4 is 5.97 Å². The number of ether oxygens (including phenoxy) is 1. The lowest BCUT2D eigenvalue weighted by Crippen LogP contribution is -2.33. The molecule has 1 rings (SSSR count). The number of rotatable bonds is 16. The van der Waals surface area contributed by atoms with Crippen LogP contribution in [0.2, 0.25) is 0 Å². The highest BCUT2D eigenvalue weighted by Crippen LogP contribution is 2.22. The van der Waals surface area contributed by atoms with Crippen LogP contribution in [0, 0.1) is 0 Å². The molecule has 1 atom stereocenters. The van der Waals surface area contributed by atoms with Crippen molar-refractivity contribution in [3.05, 3.63) is 11.6 Å². The van der Waals surface area contributed by atoms with Crippen LogP contribution in [0.5, 0.6) is 0 Å². The molecule has 0 bridgehead atoms. The summed E-state index contributed by atoms with van der Waals surface area (Å²) >= 11 is 0. The number of cyclic esters (lactones) is 1. The van der Waals surface area contributed by atoms with Gasteiger partial charge < -0.3 is 4.74 Å². The third kappa shape index (κ3) is 10.2. The Hall–Kier alpha value is -0.790. The van der Waals surface area contributed by atoms with Crippen LogP contribution < -0.4 is 0 Å². The molecule has 0 N–H and O–H groups in total. The summed E-state index contributed by atoms with van der Waals surface area (Å²) < 4.78 is 4.92. The fourth-order valence-corrected chi connectivity index (χ4v) is 3.42. The highest BCUT2D eigenvalue weighted by molar-refractivity contribution is 5.95. The molecular formula is C22H40O2. The van der Waals surface area contributed by atoms with E-state index in [2.05, 4.69) is 13.0 Å². The quantitative estimate of drug-likeness (QED) is 0.170. The van der Waals surface area contributed by atoms with Crippen LogP contribution in [0.3, 0.4) is 0 Å². The first-order valence-electron chi connectivity index (χ1n) is 10.7. The van der Waals surface area contributed by atoms with Gasteiger partial charge in [-0.25, -0.2) is 4.79 Å². The zero-order valence-electron chi connectivity index (χ0n) is 16.3. The molecule has 1 aliphatic heterocycles. The summed E-state index contributed by atoms with van der Waals surface area (Å²) in [5, 5.41) is 0. The maximum absolute atomic E-state index is 11.1. The standard InChI is InChI=1S/C22H40O2/c1-3-4-5-6-7-8-9-10-11-12-13-14-15-16-17-18-19-21-20(2)24-22(21)23/h19-20H,3-18H2,1-2H3/b21-19-. The molecule has 0 aromatic heterocycles. The van der Waals surface area contributed by atoms with Gasteiger partial charge in [-0.05, 0) is 19.8 Å². The SMILES string of the molecule is CCCCCCCCCCCCCCCCC/C=C1\C(=O)OC1C. The van der Waals surface area contributed by atoms with E-state index in [1.165, 1.54) is 96.3 Å². The molecule has 0 radical (unpaired) electrons. The van der Waals surface area contributed by atoms with Gasteiger partial charge >= 0.3 is 5.97 Å². The van der Waals surface area contributed by atoms with Crippen molar-refractivity contribution in [3.8, 4) is 0 Å². The van der Waals surface area contributed by atoms with Crippen LogP contribution in [0.1, 0.15) is 117 Å². The Kier molecular flexibility index (Phi) is 12.9. The molecule has 2 heteroatoms. The summed E-state index contributed by atoms with van der Waals surface area (Å²) in [5.74, 6) is -0.108. The molecule has 1 heterocycles. The second kappa shape index (κ2) is 14.5. The summed E-state index contributed by atoms with van der Waals surface area (Å²) in [5.41, 5.74) is 0.889. The van der Waals surface area contributed by atoms with Gasteiger partial charge in [0.25, 0.3) is 0 Å². The molecular weight excluding hydrogens is 296 g/mol. The molecule has 1 fully saturated rings. The number of unbranched alkanes of at least 4 members (excludes halogenated alkanes) is 15. The Morgan fingerprint density at radius 2 is 1.17 bits per heavy atom. The number of carbonyl (C=O) groups excluding carboxylic acids is 1. The third-order valence-corrected chi connectivity index (χ3v) is 5.13. The molecule has 2 nitrogen and oxygen atoms in total. The maximum atomic E-state index is 11.1. The number of carbonyl (C=O) groups is 1. The normalized spacial score (nSPS) is 18.7. The predicted molar refractivity (Wildman–Crippen MR) is 103 cm³/mol. The van der Waals surface area contributed by atoms with Gasteiger partial charge in [-0.15, -0.1) is 0 Å². The molecule has 0 aromatic rings. The first-order valence-corrected chi connectivity index (χ1v) is 10.7. The molecule has 0 spiro atoms. The topological polar surface area (TPSA) is 26.3 Å². The van der Waals surface area contributed by atoms with E-state index in [-0.39, 0.29) is 12.1 Å². The Bertz CT molecular complexity index is 346. The van der Waals surface area contributed by atoms with E-state index >= 15 is 0 Å². The molecule has 140 valence electrons. The second-order valence-corrected chi connectivity index (χ2v) is 7.45. The van der Waals surface area contributed by atoms with Crippen LogP contribution in [0.25, 0.3) is 0 Å². The molecule has 0 amide bonds. The average Bonchev–Trinajstić information content (AvgIpc) is 2.57. The summed E-state index contributed by atoms with van der Waals surface area (Å²) in [6.07, 6.45) is 24.1. The van der Waals surface area contributed by atoms with Crippen molar-refractivity contribution in [3.63, 3.8) is 0 Å². The fourth-order valence-electron chi connectivity index (χ4n) is 3.42. The molecule has 24 heavy (non-hydrogen) atoms. The monoisotopic (exact) mass is 336 g/mol. The maximum Gasteiger partial charge on any atom is 0.338 e. The number of hydrogen-bond donors (Lipinski definition) is 0. The van der Waals surface area contributed by atoms with Gasteiger partial charge in [0.15, 0.2) is 0 Å². The molecule has 0 aliphatic carbocycles. The van der Waals surface area contributed by atoms with Crippen molar-refractivity contribution < 1.29 is 9.53 Å². The third-order valence-electron chi connectivity index (χ3n) is 5.13. The Labute approximate surface area is 150 Å². The van der Waals surface area contributed by atoms with Crippen LogP contribution in [0.4, 0.5) is 0 Å². The average molecular weight is 337 g/mol. The van der Waals surface area contributed by atoms with E-state index in [4.69, 9.17) is 4.74 Å². The lowest BCUT2D eigenvalue weighted by Gasteiger charge is -2.25. The highest BCUT2D eigenvalue weighted by atomic mass is 16.6. The lowest BCUT2D eigenvalue weighted by molar-refractivity contribution is -0.154. The first-order chi connectivity index (χ1) is 11.8. The number of allylic oxidation sites excluding steroid dienone is 1. The summed E-state index contributed by atoms with van der Waals surface area (Å²) in [6.45, 7) is 4.23. The fraction of sp³-hybridized carbons (Fsp3) is 0.864. The van der Waals surface area contributed by atoms with E-state index in [1.807, 2.05) is 6.92 Å². The molecule has 1 unspecified atom stereocenters. The summed E-state index contributed by atoms with van der Waals surface area (Å²) in [6, 6.07) is 0. The Balaban J connectivity index is 1.73. The zero-order chi connectivity index (χ0) is 17.5. The van der Waals surface area contributed by atoms with Gasteiger partial charge in [0, 0.05) is 0 Å². The van der Waals surface area contributed by atoms with Crippen molar-refractivity contribution in [2.75, 3.05) is 0 Å². The van der Waals surface area contributed by atoms with Gasteiger partial charge in [0.2, 0.25) is 0 Å². The van der Waals surface area contributed by atoms with Crippen molar-refractivity contribution in [2.24, 2.45) is 0 Å². The van der Waals surface area contributed by atoms with Crippen molar-refractivity contribution in [1.29, 1.82) is 0 Å². The number of hydrogen-bond acceptors (Lipinski definition) is 2. The van der Waals surface area contributed by atoms with Gasteiger partial charge in [0.05, 0.1) is 5.57 Å². The van der Waals surface area contributed by atoms with E-state index in [9.17, 15) is 4.79 Å². The molecule has 1 aliphatic rings. The van der Waals surface area contributed by atoms with Crippen LogP contribution in [-0.4, -0.2) is 12.1 Å². The van der Waals surface area contributed by atoms with Gasteiger partial charge in [0.1, 0.15) is 6.10 Å². The smallest absolute Gasteiger partial charge is 0.338 e. The minimum atomic E-state index is -0.108. The Morgan fingerprint density at radius 3 is 1.54 bits per heavy atom. The highest BCUT2D eigenvalue weighted by Gasteiger charge is 2.30. The Morgan fingerprint density at radius 1 is 0.750 bits per heavy atom. The molecule has 0 aromatic carbocycles. The van der Waals surface area contributed by atoms with E-state index in [0.29, 0.717) is 0 Å². The van der Waals surface area contributed by atoms with Gasteiger partial charge in [-0.2, -0.15) is 0 Å². The number of esters is 1. The first kappa shape index (κ1) is 21.3. The van der Waals surface area contributed by atoms with E-state index in [1.54, 1.807) is 0 Å². The molecule has 1 saturated heterocycles. The van der Waals surface area contributed by atoms with Crippen LogP contribution in [-0.2, 0) is 9.53 Å². The largest absolute Gasteiger partial charge is 0.454 e. The van der Waals surface area contributed by atoms with E-state index in [0.717, 1.165) is 12.0 Å². The van der Waals surface area contributed by atoms with Crippen LogP contribution >= 0.6 is 0 Å². The van der Waals surface area contributed by atoms with E-state index < -0.39 is 0 Å². The van der Waals surface area contributed by atoms with Crippen molar-refractivity contribution in [1.82, 2.24) is 0 Å². The predicted octanol–water partition coefficient (Wildman–Crippen LogP) is 7.12. The zero-order valence-corrected chi connectivity index (χ0v) is 16.3. The minimum absolute atomic E-state index is 0.0360. The lowest BCUT2D eigenvalue weighted by atomic mass is 10.0. The minimum Gasteiger partial charge on any atom is -0.454 e. The molecule has 0 saturated carbocycles. The second-order valence-electron chi connectivity index (χ2n) is 7.45. The van der Waals surface area contributed by atoms with Crippen molar-refractivity contribution in [2.45, 2.75) is 123 Å². The summed E-state index contributed by atoms with van der Waals surface area (Å²) in [7, 11) is 0. The van der Waals surface area contributed by atoms with Gasteiger partial charge in [-0.3, -0.25) is 0 Å². The van der Waals surface area contributed by atoms with Crippen LogP contribution in [0.15, 0.2) is 11.6 Å².